The number of rotatable bonds is 5. The Bertz CT molecular complexity index is 1140. The van der Waals surface area contributed by atoms with E-state index in [1.807, 2.05) is 41.3 Å². The number of sulfonamides is 1. The predicted molar refractivity (Wildman–Crippen MR) is 140 cm³/mol. The Balaban J connectivity index is 1.48. The minimum absolute atomic E-state index is 0.0443. The van der Waals surface area contributed by atoms with Crippen LogP contribution in [0.3, 0.4) is 0 Å². The highest BCUT2D eigenvalue weighted by Gasteiger charge is 2.39. The van der Waals surface area contributed by atoms with Gasteiger partial charge in [-0.15, -0.1) is 11.8 Å². The number of urea groups is 1. The minimum Gasteiger partial charge on any atom is -0.324 e. The van der Waals surface area contributed by atoms with Gasteiger partial charge in [-0.2, -0.15) is 4.31 Å². The fourth-order valence-corrected chi connectivity index (χ4v) is 6.79. The van der Waals surface area contributed by atoms with Crippen molar-refractivity contribution in [2.75, 3.05) is 51.3 Å². The van der Waals surface area contributed by atoms with Crippen molar-refractivity contribution < 1.29 is 13.2 Å². The maximum absolute atomic E-state index is 13.3. The van der Waals surface area contributed by atoms with E-state index in [-0.39, 0.29) is 17.9 Å². The molecule has 2 aliphatic heterocycles. The van der Waals surface area contributed by atoms with E-state index in [1.165, 1.54) is 10.6 Å². The van der Waals surface area contributed by atoms with Gasteiger partial charge in [0.15, 0.2) is 0 Å². The lowest BCUT2D eigenvalue weighted by Crippen LogP contribution is -2.53. The fourth-order valence-electron chi connectivity index (χ4n) is 4.46. The maximum Gasteiger partial charge on any atom is 0.320 e. The molecule has 2 heterocycles. The Labute approximate surface area is 220 Å². The molecule has 184 valence electrons. The van der Waals surface area contributed by atoms with Crippen LogP contribution in [0, 0.1) is 5.92 Å². The highest BCUT2D eigenvalue weighted by Crippen LogP contribution is 2.39. The summed E-state index contributed by atoms with van der Waals surface area (Å²) in [6.07, 6.45) is 1.20. The second kappa shape index (κ2) is 10.8. The molecule has 0 N–H and O–H groups in total. The predicted octanol–water partition coefficient (Wildman–Crippen LogP) is 5.15. The van der Waals surface area contributed by atoms with E-state index in [0.29, 0.717) is 54.3 Å². The summed E-state index contributed by atoms with van der Waals surface area (Å²) >= 11 is 20.2. The van der Waals surface area contributed by atoms with E-state index in [0.717, 1.165) is 16.2 Å². The first-order chi connectivity index (χ1) is 16.1. The van der Waals surface area contributed by atoms with Crippen LogP contribution in [-0.2, 0) is 10.0 Å². The Morgan fingerprint density at radius 2 is 1.62 bits per heavy atom. The molecule has 2 aliphatic rings. The van der Waals surface area contributed by atoms with Crippen molar-refractivity contribution >= 4 is 62.6 Å². The molecular weight excluding hydrogens is 537 g/mol. The third-order valence-corrected chi connectivity index (χ3v) is 9.83. The zero-order valence-corrected chi connectivity index (χ0v) is 22.6. The Morgan fingerprint density at radius 1 is 0.941 bits per heavy atom. The zero-order chi connectivity index (χ0) is 24.5. The van der Waals surface area contributed by atoms with Gasteiger partial charge in [0.05, 0.1) is 16.3 Å². The van der Waals surface area contributed by atoms with Gasteiger partial charge in [-0.1, -0.05) is 40.9 Å². The topological polar surface area (TPSA) is 60.9 Å². The highest BCUT2D eigenvalue weighted by molar-refractivity contribution is 7.99. The molecule has 2 fully saturated rings. The van der Waals surface area contributed by atoms with Crippen LogP contribution in [0.4, 0.5) is 4.79 Å². The van der Waals surface area contributed by atoms with Gasteiger partial charge in [0.25, 0.3) is 0 Å². The van der Waals surface area contributed by atoms with Gasteiger partial charge in [0.1, 0.15) is 0 Å². The molecule has 0 aromatic heterocycles. The van der Waals surface area contributed by atoms with E-state index >= 15 is 0 Å². The summed E-state index contributed by atoms with van der Waals surface area (Å²) in [5.41, 5.74) is 1.06. The molecule has 0 aliphatic carbocycles. The summed E-state index contributed by atoms with van der Waals surface area (Å²) in [7, 11) is -3.24. The number of likely N-dealkylation sites (tertiary alicyclic amines) is 1. The Hall–Kier alpha value is -1.16. The number of hydrogen-bond acceptors (Lipinski definition) is 4. The van der Waals surface area contributed by atoms with Gasteiger partial charge >= 0.3 is 6.03 Å². The van der Waals surface area contributed by atoms with Crippen molar-refractivity contribution in [2.24, 2.45) is 5.92 Å². The Morgan fingerprint density at radius 3 is 2.24 bits per heavy atom. The van der Waals surface area contributed by atoms with E-state index in [1.54, 1.807) is 22.7 Å². The number of nitrogens with zero attached hydrogens (tertiary/aromatic N) is 3. The lowest BCUT2D eigenvalue weighted by atomic mass is 9.90. The number of halogens is 3. The van der Waals surface area contributed by atoms with Crippen molar-refractivity contribution in [3.63, 3.8) is 0 Å². The molecule has 0 radical (unpaired) electrons. The van der Waals surface area contributed by atoms with Crippen LogP contribution in [-0.4, -0.2) is 79.8 Å². The molecule has 11 heteroatoms. The first kappa shape index (κ1) is 25.9. The largest absolute Gasteiger partial charge is 0.324 e. The molecule has 0 saturated carbocycles. The van der Waals surface area contributed by atoms with Crippen molar-refractivity contribution in [1.82, 2.24) is 14.1 Å². The lowest BCUT2D eigenvalue weighted by Gasteiger charge is -2.35. The summed E-state index contributed by atoms with van der Waals surface area (Å²) in [5, 5.41) is 1.71. The number of carbonyl (C=O) groups excluding carboxylic acids is 1. The van der Waals surface area contributed by atoms with Crippen LogP contribution < -0.4 is 0 Å². The van der Waals surface area contributed by atoms with E-state index < -0.39 is 10.0 Å². The van der Waals surface area contributed by atoms with Crippen molar-refractivity contribution in [3.05, 3.63) is 63.1 Å². The first-order valence-corrected chi connectivity index (χ1v) is 14.9. The number of amides is 2. The molecule has 0 unspecified atom stereocenters. The highest BCUT2D eigenvalue weighted by atomic mass is 35.5. The standard InChI is InChI=1S/C23H26Cl3N3O3S2/c1-34(31,32)29-10-8-27(9-11-29)23(30)28-13-17(15-33-19-5-3-18(24)4-6-19)20(14-28)16-2-7-21(25)22(26)12-16/h2-7,12,17,20H,8-11,13-15H2,1H3/t17-,20-/m1/s1. The number of benzene rings is 2. The van der Waals surface area contributed by atoms with Crippen molar-refractivity contribution in [1.29, 1.82) is 0 Å². The second-order valence-electron chi connectivity index (χ2n) is 8.64. The summed E-state index contributed by atoms with van der Waals surface area (Å²) in [5.74, 6) is 1.17. The van der Waals surface area contributed by atoms with Crippen molar-refractivity contribution in [2.45, 2.75) is 10.8 Å². The molecule has 2 atom stereocenters. The van der Waals surface area contributed by atoms with Crippen LogP contribution in [0.5, 0.6) is 0 Å². The van der Waals surface area contributed by atoms with E-state index in [4.69, 9.17) is 34.8 Å². The van der Waals surface area contributed by atoms with Gasteiger partial charge in [0, 0.05) is 60.9 Å². The normalized spacial score (nSPS) is 21.8. The zero-order valence-electron chi connectivity index (χ0n) is 18.7. The monoisotopic (exact) mass is 561 g/mol. The molecule has 2 amide bonds. The molecule has 6 nitrogen and oxygen atoms in total. The third-order valence-electron chi connectivity index (χ3n) is 6.34. The molecule has 4 rings (SSSR count). The number of thioether (sulfide) groups is 1. The molecule has 2 saturated heterocycles. The van der Waals surface area contributed by atoms with Gasteiger partial charge in [0.2, 0.25) is 10.0 Å². The van der Waals surface area contributed by atoms with Crippen LogP contribution in [0.25, 0.3) is 0 Å². The molecule has 0 bridgehead atoms. The van der Waals surface area contributed by atoms with Crippen LogP contribution in [0.15, 0.2) is 47.4 Å². The maximum atomic E-state index is 13.3. The molecule has 2 aromatic carbocycles. The van der Waals surface area contributed by atoms with Gasteiger partial charge in [-0.05, 0) is 47.9 Å². The summed E-state index contributed by atoms with van der Waals surface area (Å²) in [4.78, 5) is 18.1. The molecule has 34 heavy (non-hydrogen) atoms. The van der Waals surface area contributed by atoms with Crippen LogP contribution in [0.2, 0.25) is 15.1 Å². The van der Waals surface area contributed by atoms with Gasteiger partial charge < -0.3 is 9.80 Å². The summed E-state index contributed by atoms with van der Waals surface area (Å²) in [6, 6.07) is 13.4. The van der Waals surface area contributed by atoms with Crippen LogP contribution >= 0.6 is 46.6 Å². The minimum atomic E-state index is -3.24. The smallest absolute Gasteiger partial charge is 0.320 e. The quantitative estimate of drug-likeness (QED) is 0.473. The number of piperazine rings is 1. The molecule has 2 aromatic rings. The van der Waals surface area contributed by atoms with Gasteiger partial charge in [-0.25, -0.2) is 13.2 Å². The number of hydrogen-bond donors (Lipinski definition) is 0. The van der Waals surface area contributed by atoms with Crippen molar-refractivity contribution in [3.8, 4) is 0 Å². The van der Waals surface area contributed by atoms with E-state index in [9.17, 15) is 13.2 Å². The fraction of sp³-hybridized carbons (Fsp3) is 0.435. The van der Waals surface area contributed by atoms with E-state index in [2.05, 4.69) is 0 Å². The lowest BCUT2D eigenvalue weighted by molar-refractivity contribution is 0.141. The average molecular weight is 563 g/mol. The van der Waals surface area contributed by atoms with Crippen LogP contribution in [0.1, 0.15) is 11.5 Å². The molecule has 0 spiro atoms. The second-order valence-corrected chi connectivity index (χ2v) is 13.0. The third kappa shape index (κ3) is 6.15. The summed E-state index contributed by atoms with van der Waals surface area (Å²) in [6.45, 7) is 2.63. The molecular formula is C23H26Cl3N3O3S2. The SMILES string of the molecule is CS(=O)(=O)N1CCN(C(=O)N2C[C@H](CSc3ccc(Cl)cc3)[C@@H](c3ccc(Cl)c(Cl)c3)C2)CC1. The summed E-state index contributed by atoms with van der Waals surface area (Å²) < 4.78 is 25.0. The first-order valence-electron chi connectivity index (χ1n) is 10.9. The number of carbonyl (C=O) groups is 1. The Kier molecular flexibility index (Phi) is 8.27. The van der Waals surface area contributed by atoms with Gasteiger partial charge in [-0.3, -0.25) is 0 Å². The average Bonchev–Trinajstić information content (AvgIpc) is 3.24.